The van der Waals surface area contributed by atoms with Gasteiger partial charge in [-0.15, -0.1) is 6.58 Å². The molecule has 10 unspecified atom stereocenters. The molecule has 164 valence electrons. The van der Waals surface area contributed by atoms with Gasteiger partial charge >= 0.3 is 0 Å². The summed E-state index contributed by atoms with van der Waals surface area (Å²) in [5.74, 6) is 9.31. The van der Waals surface area contributed by atoms with Crippen molar-refractivity contribution in [3.8, 4) is 0 Å². The zero-order valence-corrected chi connectivity index (χ0v) is 20.6. The Labute approximate surface area is 178 Å². The first kappa shape index (κ1) is 24.0. The van der Waals surface area contributed by atoms with Crippen LogP contribution in [0, 0.1) is 59.2 Å². The summed E-state index contributed by atoms with van der Waals surface area (Å²) in [6.07, 6.45) is 11.3. The molecule has 2 rings (SSSR count). The predicted octanol–water partition coefficient (Wildman–Crippen LogP) is 9.01. The van der Waals surface area contributed by atoms with Gasteiger partial charge in [0.2, 0.25) is 0 Å². The van der Waals surface area contributed by atoms with E-state index in [4.69, 9.17) is 0 Å². The van der Waals surface area contributed by atoms with Crippen molar-refractivity contribution in [2.75, 3.05) is 0 Å². The molecule has 0 aliphatic heterocycles. The van der Waals surface area contributed by atoms with Gasteiger partial charge in [0.15, 0.2) is 0 Å². The second-order valence-electron chi connectivity index (χ2n) is 11.4. The van der Waals surface area contributed by atoms with Crippen LogP contribution in [0.1, 0.15) is 107 Å². The van der Waals surface area contributed by atoms with Gasteiger partial charge in [-0.1, -0.05) is 66.9 Å². The minimum absolute atomic E-state index is 0.898. The molecule has 0 amide bonds. The molecule has 0 saturated heterocycles. The standard InChI is InChI=1S/C28H52/c1-10-24-15-26(21(7)19(5)20(24)6)17-27-16-25(14-12-13-18(3)4)28(11-2)23(9)22(27)8/h19-28H,3,10-17H2,1-2,4-9H3. The molecule has 0 aromatic carbocycles. The zero-order valence-electron chi connectivity index (χ0n) is 20.6. The van der Waals surface area contributed by atoms with Gasteiger partial charge in [0.1, 0.15) is 0 Å². The van der Waals surface area contributed by atoms with Crippen LogP contribution >= 0.6 is 0 Å². The van der Waals surface area contributed by atoms with Crippen molar-refractivity contribution in [3.63, 3.8) is 0 Å². The summed E-state index contributed by atoms with van der Waals surface area (Å²) in [6, 6.07) is 0. The van der Waals surface area contributed by atoms with Gasteiger partial charge in [-0.2, -0.15) is 0 Å². The Morgan fingerprint density at radius 1 is 0.714 bits per heavy atom. The maximum atomic E-state index is 4.13. The third-order valence-electron chi connectivity index (χ3n) is 9.99. The first-order chi connectivity index (χ1) is 13.2. The number of hydrogen-bond donors (Lipinski definition) is 0. The van der Waals surface area contributed by atoms with Crippen molar-refractivity contribution < 1.29 is 0 Å². The molecule has 0 spiro atoms. The molecule has 2 fully saturated rings. The summed E-state index contributed by atoms with van der Waals surface area (Å²) in [7, 11) is 0. The van der Waals surface area contributed by atoms with Crippen LogP contribution in [0.2, 0.25) is 0 Å². The second-order valence-corrected chi connectivity index (χ2v) is 11.4. The quantitative estimate of drug-likeness (QED) is 0.364. The van der Waals surface area contributed by atoms with E-state index < -0.39 is 0 Å². The average Bonchev–Trinajstić information content (AvgIpc) is 2.66. The Kier molecular flexibility index (Phi) is 9.15. The Morgan fingerprint density at radius 2 is 1.25 bits per heavy atom. The van der Waals surface area contributed by atoms with E-state index >= 15 is 0 Å². The lowest BCUT2D eigenvalue weighted by molar-refractivity contribution is 0.00220. The first-order valence-electron chi connectivity index (χ1n) is 12.8. The van der Waals surface area contributed by atoms with E-state index in [1.54, 1.807) is 0 Å². The highest BCUT2D eigenvalue weighted by Gasteiger charge is 2.43. The summed E-state index contributed by atoms with van der Waals surface area (Å²) in [5.41, 5.74) is 1.37. The topological polar surface area (TPSA) is 0 Å². The fourth-order valence-corrected chi connectivity index (χ4v) is 7.43. The van der Waals surface area contributed by atoms with Gasteiger partial charge in [-0.3, -0.25) is 0 Å². The maximum absolute atomic E-state index is 4.13. The Balaban J connectivity index is 2.07. The summed E-state index contributed by atoms with van der Waals surface area (Å²) in [5, 5.41) is 0. The molecule has 0 heterocycles. The molecule has 0 nitrogen and oxygen atoms in total. The molecule has 28 heavy (non-hydrogen) atoms. The highest BCUT2D eigenvalue weighted by Crippen LogP contribution is 2.51. The molecule has 0 aromatic heterocycles. The number of rotatable bonds is 8. The van der Waals surface area contributed by atoms with Crippen LogP contribution < -0.4 is 0 Å². The van der Waals surface area contributed by atoms with E-state index in [-0.39, 0.29) is 0 Å². The summed E-state index contributed by atoms with van der Waals surface area (Å²) >= 11 is 0. The van der Waals surface area contributed by atoms with E-state index in [0.717, 1.165) is 59.2 Å². The molecule has 2 saturated carbocycles. The minimum atomic E-state index is 0.898. The predicted molar refractivity (Wildman–Crippen MR) is 126 cm³/mol. The lowest BCUT2D eigenvalue weighted by Crippen LogP contribution is -2.41. The van der Waals surface area contributed by atoms with E-state index in [0.29, 0.717) is 0 Å². The van der Waals surface area contributed by atoms with Crippen molar-refractivity contribution in [3.05, 3.63) is 12.2 Å². The first-order valence-corrected chi connectivity index (χ1v) is 12.8. The molecule has 0 bridgehead atoms. The molecule has 0 heteroatoms. The lowest BCUT2D eigenvalue weighted by atomic mass is 9.56. The van der Waals surface area contributed by atoms with Crippen molar-refractivity contribution in [1.29, 1.82) is 0 Å². The van der Waals surface area contributed by atoms with E-state index in [1.807, 2.05) is 0 Å². The van der Waals surface area contributed by atoms with Crippen molar-refractivity contribution in [2.45, 2.75) is 107 Å². The van der Waals surface area contributed by atoms with Crippen molar-refractivity contribution >= 4 is 0 Å². The van der Waals surface area contributed by atoms with Crippen molar-refractivity contribution in [2.24, 2.45) is 59.2 Å². The monoisotopic (exact) mass is 388 g/mol. The van der Waals surface area contributed by atoms with Gasteiger partial charge in [0, 0.05) is 0 Å². The van der Waals surface area contributed by atoms with Crippen LogP contribution in [0.25, 0.3) is 0 Å². The smallest absolute Gasteiger partial charge is 0.0326 e. The maximum Gasteiger partial charge on any atom is -0.0326 e. The van der Waals surface area contributed by atoms with E-state index in [9.17, 15) is 0 Å². The molecule has 10 atom stereocenters. The van der Waals surface area contributed by atoms with E-state index in [2.05, 4.69) is 62.0 Å². The van der Waals surface area contributed by atoms with Crippen LogP contribution in [0.3, 0.4) is 0 Å². The van der Waals surface area contributed by atoms with Gasteiger partial charge in [0.25, 0.3) is 0 Å². The lowest BCUT2D eigenvalue weighted by Gasteiger charge is -2.49. The number of hydrogen-bond acceptors (Lipinski definition) is 0. The third kappa shape index (κ3) is 5.46. The fourth-order valence-electron chi connectivity index (χ4n) is 7.43. The van der Waals surface area contributed by atoms with Gasteiger partial charge in [-0.25, -0.2) is 0 Å². The van der Waals surface area contributed by atoms with E-state index in [1.165, 1.54) is 56.9 Å². The molecule has 0 aromatic rings. The molecular formula is C28H52. The van der Waals surface area contributed by atoms with Gasteiger partial charge < -0.3 is 0 Å². The average molecular weight is 389 g/mol. The van der Waals surface area contributed by atoms with Crippen LogP contribution in [-0.2, 0) is 0 Å². The Hall–Kier alpha value is -0.260. The van der Waals surface area contributed by atoms with Crippen LogP contribution in [0.4, 0.5) is 0 Å². The molecular weight excluding hydrogens is 336 g/mol. The summed E-state index contributed by atoms with van der Waals surface area (Å²) < 4.78 is 0. The zero-order chi connectivity index (χ0) is 21.0. The van der Waals surface area contributed by atoms with Crippen LogP contribution in [-0.4, -0.2) is 0 Å². The fraction of sp³-hybridized carbons (Fsp3) is 0.929. The summed E-state index contributed by atoms with van der Waals surface area (Å²) in [6.45, 7) is 24.0. The number of allylic oxidation sites excluding steroid dienone is 1. The minimum Gasteiger partial charge on any atom is -0.100 e. The molecule has 2 aliphatic carbocycles. The third-order valence-corrected chi connectivity index (χ3v) is 9.99. The second kappa shape index (κ2) is 10.7. The van der Waals surface area contributed by atoms with Gasteiger partial charge in [0.05, 0.1) is 0 Å². The van der Waals surface area contributed by atoms with Crippen LogP contribution in [0.15, 0.2) is 12.2 Å². The SMILES string of the molecule is C=C(C)CCCC1CC(CC2CC(CC)C(C)C(C)C2C)C(C)C(C)C1CC. The molecule has 2 aliphatic rings. The van der Waals surface area contributed by atoms with Gasteiger partial charge in [-0.05, 0) is 105 Å². The highest BCUT2D eigenvalue weighted by atomic mass is 14.5. The molecule has 0 N–H and O–H groups in total. The normalized spacial score (nSPS) is 44.4. The molecule has 0 radical (unpaired) electrons. The van der Waals surface area contributed by atoms with Crippen molar-refractivity contribution in [1.82, 2.24) is 0 Å². The summed E-state index contributed by atoms with van der Waals surface area (Å²) in [4.78, 5) is 0. The van der Waals surface area contributed by atoms with Crippen LogP contribution in [0.5, 0.6) is 0 Å². The Bertz CT molecular complexity index is 474. The Morgan fingerprint density at radius 3 is 1.79 bits per heavy atom. The highest BCUT2D eigenvalue weighted by molar-refractivity contribution is 4.93. The largest absolute Gasteiger partial charge is 0.100 e.